The van der Waals surface area contributed by atoms with Crippen molar-refractivity contribution in [1.82, 2.24) is 0 Å². The topological polar surface area (TPSA) is 53.2 Å². The highest BCUT2D eigenvalue weighted by atomic mass is 16.5. The zero-order valence-corrected chi connectivity index (χ0v) is 12.3. The van der Waals surface area contributed by atoms with Crippen molar-refractivity contribution < 1.29 is 9.84 Å². The third kappa shape index (κ3) is 3.84. The van der Waals surface area contributed by atoms with Gasteiger partial charge in [-0.1, -0.05) is 25.1 Å². The first-order valence-corrected chi connectivity index (χ1v) is 7.04. The fraction of sp³-hybridized carbons (Fsp3) is 0.278. The Bertz CT molecular complexity index is 641. The van der Waals surface area contributed by atoms with Crippen LogP contribution in [-0.2, 0) is 6.61 Å². The number of hydrogen-bond donors (Lipinski definition) is 1. The Labute approximate surface area is 125 Å². The molecule has 1 unspecified atom stereocenters. The van der Waals surface area contributed by atoms with Crippen LogP contribution in [0.1, 0.15) is 41.7 Å². The van der Waals surface area contributed by atoms with Crippen LogP contribution in [0, 0.1) is 18.3 Å². The molecule has 108 valence electrons. The molecule has 0 saturated carbocycles. The fourth-order valence-corrected chi connectivity index (χ4v) is 2.11. The molecule has 0 spiro atoms. The third-order valence-corrected chi connectivity index (χ3v) is 3.52. The van der Waals surface area contributed by atoms with Crippen LogP contribution in [0.3, 0.4) is 0 Å². The Balaban J connectivity index is 2.02. The van der Waals surface area contributed by atoms with Gasteiger partial charge in [-0.15, -0.1) is 0 Å². The van der Waals surface area contributed by atoms with Crippen molar-refractivity contribution in [2.24, 2.45) is 0 Å². The van der Waals surface area contributed by atoms with E-state index in [2.05, 4.69) is 6.07 Å². The zero-order valence-electron chi connectivity index (χ0n) is 12.3. The van der Waals surface area contributed by atoms with Crippen molar-refractivity contribution in [2.75, 3.05) is 0 Å². The highest BCUT2D eigenvalue weighted by Gasteiger charge is 2.05. The molecule has 0 amide bonds. The van der Waals surface area contributed by atoms with E-state index in [9.17, 15) is 5.11 Å². The first-order chi connectivity index (χ1) is 10.1. The van der Waals surface area contributed by atoms with E-state index in [-0.39, 0.29) is 0 Å². The van der Waals surface area contributed by atoms with Gasteiger partial charge in [-0.2, -0.15) is 5.26 Å². The lowest BCUT2D eigenvalue weighted by molar-refractivity contribution is 0.173. The van der Waals surface area contributed by atoms with Gasteiger partial charge in [0.25, 0.3) is 0 Å². The van der Waals surface area contributed by atoms with E-state index in [0.29, 0.717) is 18.6 Å². The quantitative estimate of drug-likeness (QED) is 0.904. The van der Waals surface area contributed by atoms with Crippen molar-refractivity contribution in [3.05, 3.63) is 64.7 Å². The first kappa shape index (κ1) is 15.1. The molecule has 1 atom stereocenters. The van der Waals surface area contributed by atoms with Crippen LogP contribution in [0.5, 0.6) is 5.75 Å². The molecule has 2 rings (SSSR count). The number of nitrogens with zero attached hydrogens (tertiary/aromatic N) is 1. The number of aryl methyl sites for hydroxylation is 1. The smallest absolute Gasteiger partial charge is 0.119 e. The van der Waals surface area contributed by atoms with Crippen LogP contribution < -0.4 is 4.74 Å². The minimum absolute atomic E-state index is 0.417. The third-order valence-electron chi connectivity index (χ3n) is 3.52. The lowest BCUT2D eigenvalue weighted by Crippen LogP contribution is -1.99. The Hall–Kier alpha value is -2.31. The van der Waals surface area contributed by atoms with E-state index in [1.807, 2.05) is 50.2 Å². The van der Waals surface area contributed by atoms with Gasteiger partial charge in [-0.3, -0.25) is 0 Å². The second-order valence-electron chi connectivity index (χ2n) is 5.03. The lowest BCUT2D eigenvalue weighted by atomic mass is 10.1. The summed E-state index contributed by atoms with van der Waals surface area (Å²) in [6.07, 6.45) is 0.282. The van der Waals surface area contributed by atoms with Gasteiger partial charge in [0.15, 0.2) is 0 Å². The number of aliphatic hydroxyl groups excluding tert-OH is 1. The monoisotopic (exact) mass is 281 g/mol. The SMILES string of the molecule is CCC(O)c1ccc(OCc2ccc(C#N)cc2C)cc1. The summed E-state index contributed by atoms with van der Waals surface area (Å²) in [5, 5.41) is 18.6. The van der Waals surface area contributed by atoms with Crippen molar-refractivity contribution in [3.8, 4) is 11.8 Å². The molecule has 1 N–H and O–H groups in total. The lowest BCUT2D eigenvalue weighted by Gasteiger charge is -2.11. The highest BCUT2D eigenvalue weighted by molar-refractivity contribution is 5.37. The molecule has 0 aliphatic rings. The van der Waals surface area contributed by atoms with Crippen LogP contribution in [-0.4, -0.2) is 5.11 Å². The van der Waals surface area contributed by atoms with Gasteiger partial charge in [-0.25, -0.2) is 0 Å². The van der Waals surface area contributed by atoms with Gasteiger partial charge in [0.1, 0.15) is 12.4 Å². The van der Waals surface area contributed by atoms with Gasteiger partial charge in [0.05, 0.1) is 17.7 Å². The number of aliphatic hydroxyl groups is 1. The minimum Gasteiger partial charge on any atom is -0.489 e. The van der Waals surface area contributed by atoms with Crippen LogP contribution >= 0.6 is 0 Å². The van der Waals surface area contributed by atoms with Gasteiger partial charge in [0.2, 0.25) is 0 Å². The Kier molecular flexibility index (Phi) is 4.97. The predicted molar refractivity (Wildman–Crippen MR) is 81.9 cm³/mol. The molecule has 3 nitrogen and oxygen atoms in total. The Morgan fingerprint density at radius 2 is 1.90 bits per heavy atom. The van der Waals surface area contributed by atoms with Gasteiger partial charge >= 0.3 is 0 Å². The molecule has 0 heterocycles. The van der Waals surface area contributed by atoms with Gasteiger partial charge < -0.3 is 9.84 Å². The van der Waals surface area contributed by atoms with Crippen molar-refractivity contribution in [1.29, 1.82) is 5.26 Å². The summed E-state index contributed by atoms with van der Waals surface area (Å²) in [5.41, 5.74) is 3.67. The average molecular weight is 281 g/mol. The fourth-order valence-electron chi connectivity index (χ4n) is 2.11. The summed E-state index contributed by atoms with van der Waals surface area (Å²) >= 11 is 0. The van der Waals surface area contributed by atoms with E-state index in [0.717, 1.165) is 22.4 Å². The molecule has 3 heteroatoms. The Morgan fingerprint density at radius 3 is 2.48 bits per heavy atom. The van der Waals surface area contributed by atoms with Crippen molar-refractivity contribution >= 4 is 0 Å². The average Bonchev–Trinajstić information content (AvgIpc) is 2.53. The molecule has 0 bridgehead atoms. The molecule has 2 aromatic carbocycles. The van der Waals surface area contributed by atoms with E-state index >= 15 is 0 Å². The van der Waals surface area contributed by atoms with Crippen LogP contribution in [0.15, 0.2) is 42.5 Å². The molecule has 21 heavy (non-hydrogen) atoms. The number of hydrogen-bond acceptors (Lipinski definition) is 3. The largest absolute Gasteiger partial charge is 0.489 e. The van der Waals surface area contributed by atoms with Gasteiger partial charge in [0, 0.05) is 0 Å². The van der Waals surface area contributed by atoms with E-state index in [1.165, 1.54) is 0 Å². The minimum atomic E-state index is -0.417. The molecule has 0 aliphatic heterocycles. The standard InChI is InChI=1S/C18H19NO2/c1-3-18(20)15-6-8-17(9-7-15)21-12-16-5-4-14(11-19)10-13(16)2/h4-10,18,20H,3,12H2,1-2H3. The molecule has 0 saturated heterocycles. The summed E-state index contributed by atoms with van der Waals surface area (Å²) in [6, 6.07) is 15.2. The number of rotatable bonds is 5. The number of benzene rings is 2. The Morgan fingerprint density at radius 1 is 1.19 bits per heavy atom. The molecular formula is C18H19NO2. The summed E-state index contributed by atoms with van der Waals surface area (Å²) < 4.78 is 5.75. The first-order valence-electron chi connectivity index (χ1n) is 7.04. The number of nitriles is 1. The molecule has 0 aromatic heterocycles. The van der Waals surface area contributed by atoms with Crippen molar-refractivity contribution in [2.45, 2.75) is 33.0 Å². The van der Waals surface area contributed by atoms with Crippen LogP contribution in [0.2, 0.25) is 0 Å². The normalized spacial score (nSPS) is 11.7. The maximum absolute atomic E-state index is 9.75. The molecule has 2 aromatic rings. The molecule has 0 aliphatic carbocycles. The maximum Gasteiger partial charge on any atom is 0.119 e. The van der Waals surface area contributed by atoms with E-state index in [1.54, 1.807) is 6.07 Å². The van der Waals surface area contributed by atoms with E-state index < -0.39 is 6.10 Å². The zero-order chi connectivity index (χ0) is 15.2. The summed E-state index contributed by atoms with van der Waals surface area (Å²) in [6.45, 7) is 4.39. The summed E-state index contributed by atoms with van der Waals surface area (Å²) in [5.74, 6) is 0.769. The molecular weight excluding hydrogens is 262 g/mol. The highest BCUT2D eigenvalue weighted by Crippen LogP contribution is 2.21. The van der Waals surface area contributed by atoms with Crippen molar-refractivity contribution in [3.63, 3.8) is 0 Å². The second-order valence-corrected chi connectivity index (χ2v) is 5.03. The molecule has 0 radical (unpaired) electrons. The summed E-state index contributed by atoms with van der Waals surface area (Å²) in [7, 11) is 0. The second kappa shape index (κ2) is 6.92. The predicted octanol–water partition coefficient (Wildman–Crippen LogP) is 3.89. The molecule has 0 fully saturated rings. The number of ether oxygens (including phenoxy) is 1. The van der Waals surface area contributed by atoms with Crippen LogP contribution in [0.4, 0.5) is 0 Å². The van der Waals surface area contributed by atoms with Crippen LogP contribution in [0.25, 0.3) is 0 Å². The van der Waals surface area contributed by atoms with E-state index in [4.69, 9.17) is 10.00 Å². The van der Waals surface area contributed by atoms with Gasteiger partial charge in [-0.05, 0) is 54.3 Å². The summed E-state index contributed by atoms with van der Waals surface area (Å²) in [4.78, 5) is 0. The maximum atomic E-state index is 9.75.